The van der Waals surface area contributed by atoms with Gasteiger partial charge in [-0.1, -0.05) is 12.1 Å². The van der Waals surface area contributed by atoms with Crippen LogP contribution in [0.25, 0.3) is 0 Å². The summed E-state index contributed by atoms with van der Waals surface area (Å²) in [6, 6.07) is 7.77. The van der Waals surface area contributed by atoms with Crippen LogP contribution < -0.4 is 15.4 Å². The van der Waals surface area contributed by atoms with Gasteiger partial charge in [-0.2, -0.15) is 0 Å². The monoisotopic (exact) mass is 279 g/mol. The van der Waals surface area contributed by atoms with E-state index in [4.69, 9.17) is 4.74 Å². The molecule has 0 bridgehead atoms. The maximum absolute atomic E-state index is 11.5. The molecule has 1 rings (SSSR count). The number of hydrogen-bond donors (Lipinski definition) is 2. The van der Waals surface area contributed by atoms with Gasteiger partial charge in [0.25, 0.3) is 0 Å². The van der Waals surface area contributed by atoms with Gasteiger partial charge in [0.15, 0.2) is 0 Å². The Morgan fingerprint density at radius 1 is 1.25 bits per heavy atom. The van der Waals surface area contributed by atoms with Crippen LogP contribution in [0.2, 0.25) is 0 Å². The van der Waals surface area contributed by atoms with E-state index in [0.29, 0.717) is 13.1 Å². The molecular weight excluding hydrogens is 254 g/mol. The van der Waals surface area contributed by atoms with E-state index in [-0.39, 0.29) is 6.03 Å². The smallest absolute Gasteiger partial charge is 0.314 e. The second-order valence-corrected chi connectivity index (χ2v) is 4.94. The molecule has 0 unspecified atom stereocenters. The first-order valence-corrected chi connectivity index (χ1v) is 6.91. The van der Waals surface area contributed by atoms with Crippen LogP contribution in [0.4, 0.5) is 4.79 Å². The largest absolute Gasteiger partial charge is 0.497 e. The molecule has 1 aromatic carbocycles. The molecule has 0 spiro atoms. The van der Waals surface area contributed by atoms with Crippen molar-refractivity contribution in [1.29, 1.82) is 0 Å². The molecule has 0 aromatic heterocycles. The number of amides is 2. The number of carbonyl (C=O) groups is 1. The SMILES string of the molecule is COc1cccc(CCNC(=O)NCCCN(C)C)c1. The molecule has 0 atom stereocenters. The van der Waals surface area contributed by atoms with Gasteiger partial charge in [-0.05, 0) is 51.2 Å². The topological polar surface area (TPSA) is 53.6 Å². The van der Waals surface area contributed by atoms with E-state index in [1.165, 1.54) is 0 Å². The van der Waals surface area contributed by atoms with Gasteiger partial charge in [0, 0.05) is 13.1 Å². The van der Waals surface area contributed by atoms with Crippen molar-refractivity contribution < 1.29 is 9.53 Å². The van der Waals surface area contributed by atoms with Crippen molar-refractivity contribution in [2.75, 3.05) is 40.8 Å². The third kappa shape index (κ3) is 6.99. The van der Waals surface area contributed by atoms with E-state index in [1.54, 1.807) is 7.11 Å². The zero-order chi connectivity index (χ0) is 14.8. The summed E-state index contributed by atoms with van der Waals surface area (Å²) in [5, 5.41) is 5.70. The lowest BCUT2D eigenvalue weighted by atomic mass is 10.1. The summed E-state index contributed by atoms with van der Waals surface area (Å²) in [7, 11) is 5.70. The molecular formula is C15H25N3O2. The molecule has 0 heterocycles. The molecule has 0 fully saturated rings. The van der Waals surface area contributed by atoms with E-state index >= 15 is 0 Å². The minimum atomic E-state index is -0.105. The van der Waals surface area contributed by atoms with E-state index in [1.807, 2.05) is 38.4 Å². The van der Waals surface area contributed by atoms with Crippen molar-refractivity contribution >= 4 is 6.03 Å². The summed E-state index contributed by atoms with van der Waals surface area (Å²) in [5.74, 6) is 0.843. The summed E-state index contributed by atoms with van der Waals surface area (Å²) < 4.78 is 5.16. The Morgan fingerprint density at radius 3 is 2.70 bits per heavy atom. The van der Waals surface area contributed by atoms with Gasteiger partial charge in [-0.15, -0.1) is 0 Å². The second kappa shape index (κ2) is 9.20. The Hall–Kier alpha value is -1.75. The first-order valence-electron chi connectivity index (χ1n) is 6.91. The van der Waals surface area contributed by atoms with Gasteiger partial charge in [-0.25, -0.2) is 4.79 Å². The summed E-state index contributed by atoms with van der Waals surface area (Å²) in [6.07, 6.45) is 1.75. The van der Waals surface area contributed by atoms with Crippen molar-refractivity contribution in [3.63, 3.8) is 0 Å². The van der Waals surface area contributed by atoms with Crippen molar-refractivity contribution in [1.82, 2.24) is 15.5 Å². The molecule has 5 heteroatoms. The first-order chi connectivity index (χ1) is 9.61. The fourth-order valence-corrected chi connectivity index (χ4v) is 1.81. The number of carbonyl (C=O) groups excluding carboxylic acids is 1. The highest BCUT2D eigenvalue weighted by Crippen LogP contribution is 2.12. The highest BCUT2D eigenvalue weighted by molar-refractivity contribution is 5.73. The minimum Gasteiger partial charge on any atom is -0.497 e. The Morgan fingerprint density at radius 2 is 2.00 bits per heavy atom. The molecule has 2 amide bonds. The lowest BCUT2D eigenvalue weighted by Gasteiger charge is -2.11. The Labute approximate surface area is 121 Å². The van der Waals surface area contributed by atoms with Gasteiger partial charge >= 0.3 is 6.03 Å². The van der Waals surface area contributed by atoms with Crippen molar-refractivity contribution in [3.8, 4) is 5.75 Å². The average Bonchev–Trinajstić information content (AvgIpc) is 2.43. The summed E-state index contributed by atoms with van der Waals surface area (Å²) in [4.78, 5) is 13.6. The standard InChI is InChI=1S/C15H25N3O2/c1-18(2)11-5-9-16-15(19)17-10-8-13-6-4-7-14(12-13)20-3/h4,6-7,12H,5,8-11H2,1-3H3,(H2,16,17,19). The third-order valence-corrected chi connectivity index (χ3v) is 2.90. The molecule has 0 saturated carbocycles. The van der Waals surface area contributed by atoms with Crippen molar-refractivity contribution in [2.45, 2.75) is 12.8 Å². The fourth-order valence-electron chi connectivity index (χ4n) is 1.81. The van der Waals surface area contributed by atoms with Crippen LogP contribution in [0.5, 0.6) is 5.75 Å². The van der Waals surface area contributed by atoms with Crippen LogP contribution in [0.15, 0.2) is 24.3 Å². The molecule has 0 aliphatic rings. The predicted molar refractivity (Wildman–Crippen MR) is 81.3 cm³/mol. The Bertz CT molecular complexity index is 408. The number of ether oxygens (including phenoxy) is 1. The minimum absolute atomic E-state index is 0.105. The zero-order valence-electron chi connectivity index (χ0n) is 12.6. The van der Waals surface area contributed by atoms with Crippen LogP contribution in [0.1, 0.15) is 12.0 Å². The highest BCUT2D eigenvalue weighted by Gasteiger charge is 2.00. The second-order valence-electron chi connectivity index (χ2n) is 4.94. The zero-order valence-corrected chi connectivity index (χ0v) is 12.6. The molecule has 0 aliphatic carbocycles. The van der Waals surface area contributed by atoms with Gasteiger partial charge in [0.1, 0.15) is 5.75 Å². The van der Waals surface area contributed by atoms with Crippen LogP contribution in [-0.2, 0) is 6.42 Å². The first kappa shape index (κ1) is 16.3. The van der Waals surface area contributed by atoms with E-state index < -0.39 is 0 Å². The Kier molecular flexibility index (Phi) is 7.50. The lowest BCUT2D eigenvalue weighted by molar-refractivity contribution is 0.240. The van der Waals surface area contributed by atoms with E-state index in [0.717, 1.165) is 30.7 Å². The Balaban J connectivity index is 2.15. The summed E-state index contributed by atoms with van der Waals surface area (Å²) in [5.41, 5.74) is 1.15. The van der Waals surface area contributed by atoms with Crippen molar-refractivity contribution in [3.05, 3.63) is 29.8 Å². The summed E-state index contributed by atoms with van der Waals surface area (Å²) in [6.45, 7) is 2.29. The van der Waals surface area contributed by atoms with Gasteiger partial charge in [0.05, 0.1) is 7.11 Å². The van der Waals surface area contributed by atoms with Crippen LogP contribution in [-0.4, -0.2) is 51.8 Å². The van der Waals surface area contributed by atoms with Crippen molar-refractivity contribution in [2.24, 2.45) is 0 Å². The number of nitrogens with one attached hydrogen (secondary N) is 2. The number of urea groups is 1. The predicted octanol–water partition coefficient (Wildman–Crippen LogP) is 1.49. The number of hydrogen-bond acceptors (Lipinski definition) is 3. The van der Waals surface area contributed by atoms with Crippen LogP contribution in [0.3, 0.4) is 0 Å². The molecule has 112 valence electrons. The molecule has 20 heavy (non-hydrogen) atoms. The molecule has 0 aliphatic heterocycles. The quantitative estimate of drug-likeness (QED) is 0.709. The van der Waals surface area contributed by atoms with Crippen LogP contribution >= 0.6 is 0 Å². The van der Waals surface area contributed by atoms with E-state index in [2.05, 4.69) is 15.5 Å². The highest BCUT2D eigenvalue weighted by atomic mass is 16.5. The van der Waals surface area contributed by atoms with E-state index in [9.17, 15) is 4.79 Å². The number of methoxy groups -OCH3 is 1. The maximum Gasteiger partial charge on any atom is 0.314 e. The van der Waals surface area contributed by atoms with Gasteiger partial charge < -0.3 is 20.3 Å². The maximum atomic E-state index is 11.5. The van der Waals surface area contributed by atoms with Crippen LogP contribution in [0, 0.1) is 0 Å². The molecule has 2 N–H and O–H groups in total. The van der Waals surface area contributed by atoms with Gasteiger partial charge in [-0.3, -0.25) is 0 Å². The lowest BCUT2D eigenvalue weighted by Crippen LogP contribution is -2.37. The fraction of sp³-hybridized carbons (Fsp3) is 0.533. The molecule has 0 radical (unpaired) electrons. The van der Waals surface area contributed by atoms with Gasteiger partial charge in [0.2, 0.25) is 0 Å². The summed E-state index contributed by atoms with van der Waals surface area (Å²) >= 11 is 0. The number of nitrogens with zero attached hydrogens (tertiary/aromatic N) is 1. The molecule has 1 aromatic rings. The average molecular weight is 279 g/mol. The molecule has 5 nitrogen and oxygen atoms in total. The third-order valence-electron chi connectivity index (χ3n) is 2.90. The number of benzene rings is 1. The number of rotatable bonds is 8. The molecule has 0 saturated heterocycles. The normalized spacial score (nSPS) is 10.4.